The molecule has 0 amide bonds. The average Bonchev–Trinajstić information content (AvgIpc) is 2.34. The Hall–Kier alpha value is -2.15. The van der Waals surface area contributed by atoms with E-state index in [0.717, 1.165) is 5.56 Å². The number of hydrogen-bond acceptors (Lipinski definition) is 5. The first kappa shape index (κ1) is 13.3. The molecule has 19 heavy (non-hydrogen) atoms. The summed E-state index contributed by atoms with van der Waals surface area (Å²) in [5, 5.41) is 10.9. The van der Waals surface area contributed by atoms with Gasteiger partial charge in [-0.05, 0) is 46.6 Å². The number of aryl methyl sites for hydroxylation is 1. The first-order chi connectivity index (χ1) is 8.97. The van der Waals surface area contributed by atoms with Gasteiger partial charge in [0.15, 0.2) is 0 Å². The first-order valence-corrected chi connectivity index (χ1v) is 6.10. The molecule has 7 heteroatoms. The molecule has 2 rings (SSSR count). The van der Waals surface area contributed by atoms with E-state index < -0.39 is 4.92 Å². The molecular formula is C12H10BrN3O3. The zero-order chi connectivity index (χ0) is 14.0. The van der Waals surface area contributed by atoms with Gasteiger partial charge in [-0.2, -0.15) is 0 Å². The molecule has 0 aliphatic heterocycles. The number of pyridine rings is 1. The summed E-state index contributed by atoms with van der Waals surface area (Å²) in [6.07, 6.45) is 1.44. The van der Waals surface area contributed by atoms with E-state index in [1.54, 1.807) is 25.1 Å². The predicted octanol–water partition coefficient (Wildman–Crippen LogP) is 3.44. The van der Waals surface area contributed by atoms with Crippen LogP contribution in [0, 0.1) is 17.0 Å². The van der Waals surface area contributed by atoms with Crippen LogP contribution in [0.4, 0.5) is 11.4 Å². The molecule has 0 fully saturated rings. The van der Waals surface area contributed by atoms with Gasteiger partial charge in [-0.15, -0.1) is 0 Å². The van der Waals surface area contributed by atoms with Gasteiger partial charge in [0.05, 0.1) is 4.92 Å². The molecular weight excluding hydrogens is 314 g/mol. The molecule has 0 unspecified atom stereocenters. The lowest BCUT2D eigenvalue weighted by atomic mass is 10.2. The first-order valence-electron chi connectivity index (χ1n) is 5.31. The van der Waals surface area contributed by atoms with Crippen molar-refractivity contribution in [2.45, 2.75) is 6.92 Å². The minimum Gasteiger partial charge on any atom is -0.433 e. The minimum atomic E-state index is -0.542. The number of benzene rings is 1. The van der Waals surface area contributed by atoms with Crippen molar-refractivity contribution in [1.82, 2.24) is 4.98 Å². The van der Waals surface area contributed by atoms with E-state index in [0.29, 0.717) is 15.9 Å². The molecule has 0 radical (unpaired) electrons. The van der Waals surface area contributed by atoms with Crippen LogP contribution >= 0.6 is 15.9 Å². The number of nitrogens with two attached hydrogens (primary N) is 1. The maximum atomic E-state index is 10.9. The third-order valence-electron chi connectivity index (χ3n) is 2.40. The van der Waals surface area contributed by atoms with E-state index in [2.05, 4.69) is 20.9 Å². The van der Waals surface area contributed by atoms with Gasteiger partial charge in [0, 0.05) is 22.4 Å². The van der Waals surface area contributed by atoms with Crippen LogP contribution in [0.25, 0.3) is 0 Å². The fourth-order valence-electron chi connectivity index (χ4n) is 1.52. The highest BCUT2D eigenvalue weighted by atomic mass is 79.9. The average molecular weight is 324 g/mol. The van der Waals surface area contributed by atoms with Crippen molar-refractivity contribution >= 4 is 27.3 Å². The minimum absolute atomic E-state index is 0.0546. The van der Waals surface area contributed by atoms with Gasteiger partial charge in [-0.1, -0.05) is 0 Å². The smallest absolute Gasteiger partial charge is 0.332 e. The van der Waals surface area contributed by atoms with Gasteiger partial charge in [-0.3, -0.25) is 10.1 Å². The standard InChI is InChI=1S/C12H10BrN3O3/c1-7-4-9(14)2-3-11(7)19-12-10(16(17)18)5-8(13)6-15-12/h2-6H,14H2,1H3. The maximum Gasteiger partial charge on any atom is 0.332 e. The molecule has 1 heterocycles. The molecule has 98 valence electrons. The number of aromatic nitrogens is 1. The van der Waals surface area contributed by atoms with Crippen molar-refractivity contribution < 1.29 is 9.66 Å². The van der Waals surface area contributed by atoms with Crippen LogP contribution in [0.15, 0.2) is 34.9 Å². The number of hydrogen-bond donors (Lipinski definition) is 1. The quantitative estimate of drug-likeness (QED) is 0.530. The van der Waals surface area contributed by atoms with Gasteiger partial charge in [0.25, 0.3) is 5.88 Å². The SMILES string of the molecule is Cc1cc(N)ccc1Oc1ncc(Br)cc1[N+](=O)[O-]. The maximum absolute atomic E-state index is 10.9. The topological polar surface area (TPSA) is 91.3 Å². The van der Waals surface area contributed by atoms with Gasteiger partial charge < -0.3 is 10.5 Å². The van der Waals surface area contributed by atoms with Crippen LogP contribution in [-0.4, -0.2) is 9.91 Å². The number of ether oxygens (including phenoxy) is 1. The zero-order valence-corrected chi connectivity index (χ0v) is 11.5. The molecule has 0 bridgehead atoms. The Labute approximate surface area is 117 Å². The van der Waals surface area contributed by atoms with Crippen LogP contribution < -0.4 is 10.5 Å². The highest BCUT2D eigenvalue weighted by molar-refractivity contribution is 9.10. The Kier molecular flexibility index (Phi) is 3.66. The number of nitrogen functional groups attached to an aromatic ring is 1. The number of nitro groups is 1. The summed E-state index contributed by atoms with van der Waals surface area (Å²) in [4.78, 5) is 14.3. The summed E-state index contributed by atoms with van der Waals surface area (Å²) in [5.41, 5.74) is 6.81. The summed E-state index contributed by atoms with van der Waals surface area (Å²) in [6, 6.07) is 6.38. The van der Waals surface area contributed by atoms with E-state index >= 15 is 0 Å². The Balaban J connectivity index is 2.40. The van der Waals surface area contributed by atoms with Crippen molar-refractivity contribution in [3.05, 3.63) is 50.6 Å². The number of nitrogens with zero attached hydrogens (tertiary/aromatic N) is 2. The van der Waals surface area contributed by atoms with Gasteiger partial charge in [-0.25, -0.2) is 4.98 Å². The van der Waals surface area contributed by atoms with Crippen LogP contribution in [0.1, 0.15) is 5.56 Å². The third kappa shape index (κ3) is 3.00. The van der Waals surface area contributed by atoms with Gasteiger partial charge in [0.1, 0.15) is 5.75 Å². The summed E-state index contributed by atoms with van der Waals surface area (Å²) in [7, 11) is 0. The Morgan fingerprint density at radius 3 is 2.79 bits per heavy atom. The van der Waals surface area contributed by atoms with Gasteiger partial charge in [0.2, 0.25) is 0 Å². The second-order valence-corrected chi connectivity index (χ2v) is 4.78. The van der Waals surface area contributed by atoms with E-state index in [1.165, 1.54) is 12.3 Å². The van der Waals surface area contributed by atoms with Crippen LogP contribution in [-0.2, 0) is 0 Å². The summed E-state index contributed by atoms with van der Waals surface area (Å²) < 4.78 is 6.00. The second-order valence-electron chi connectivity index (χ2n) is 3.86. The van der Waals surface area contributed by atoms with Crippen molar-refractivity contribution in [2.75, 3.05) is 5.73 Å². The number of anilines is 1. The van der Waals surface area contributed by atoms with Crippen molar-refractivity contribution in [3.8, 4) is 11.6 Å². The molecule has 0 aliphatic carbocycles. The largest absolute Gasteiger partial charge is 0.433 e. The fraction of sp³-hybridized carbons (Fsp3) is 0.0833. The van der Waals surface area contributed by atoms with E-state index in [9.17, 15) is 10.1 Å². The molecule has 0 spiro atoms. The Bertz CT molecular complexity index is 646. The monoisotopic (exact) mass is 323 g/mol. The summed E-state index contributed by atoms with van der Waals surface area (Å²) in [6.45, 7) is 1.80. The highest BCUT2D eigenvalue weighted by Crippen LogP contribution is 2.32. The molecule has 0 saturated carbocycles. The van der Waals surface area contributed by atoms with Crippen molar-refractivity contribution in [1.29, 1.82) is 0 Å². The van der Waals surface area contributed by atoms with E-state index in [1.807, 2.05) is 0 Å². The Morgan fingerprint density at radius 2 is 2.16 bits per heavy atom. The van der Waals surface area contributed by atoms with Crippen LogP contribution in [0.5, 0.6) is 11.6 Å². The van der Waals surface area contributed by atoms with Crippen LogP contribution in [0.2, 0.25) is 0 Å². The van der Waals surface area contributed by atoms with Crippen molar-refractivity contribution in [2.24, 2.45) is 0 Å². The second kappa shape index (κ2) is 5.23. The molecule has 1 aromatic carbocycles. The zero-order valence-electron chi connectivity index (χ0n) is 9.96. The van der Waals surface area contributed by atoms with Gasteiger partial charge >= 0.3 is 5.69 Å². The Morgan fingerprint density at radius 1 is 1.42 bits per heavy atom. The lowest BCUT2D eigenvalue weighted by molar-refractivity contribution is -0.386. The highest BCUT2D eigenvalue weighted by Gasteiger charge is 2.18. The lowest BCUT2D eigenvalue weighted by Gasteiger charge is -2.08. The molecule has 0 saturated heterocycles. The predicted molar refractivity (Wildman–Crippen MR) is 74.3 cm³/mol. The van der Waals surface area contributed by atoms with Crippen LogP contribution in [0.3, 0.4) is 0 Å². The molecule has 2 aromatic rings. The summed E-state index contributed by atoms with van der Waals surface area (Å²) >= 11 is 3.14. The van der Waals surface area contributed by atoms with E-state index in [-0.39, 0.29) is 11.6 Å². The third-order valence-corrected chi connectivity index (χ3v) is 2.83. The molecule has 6 nitrogen and oxygen atoms in total. The number of rotatable bonds is 3. The molecule has 2 N–H and O–H groups in total. The van der Waals surface area contributed by atoms with E-state index in [4.69, 9.17) is 10.5 Å². The molecule has 0 aliphatic rings. The summed E-state index contributed by atoms with van der Waals surface area (Å²) in [5.74, 6) is 0.424. The molecule has 0 atom stereocenters. The fourth-order valence-corrected chi connectivity index (χ4v) is 1.84. The lowest BCUT2D eigenvalue weighted by Crippen LogP contribution is -1.97. The normalized spacial score (nSPS) is 10.2. The van der Waals surface area contributed by atoms with Crippen molar-refractivity contribution in [3.63, 3.8) is 0 Å². The number of halogens is 1. The molecule has 1 aromatic heterocycles.